The predicted molar refractivity (Wildman–Crippen MR) is 130 cm³/mol. The van der Waals surface area contributed by atoms with Gasteiger partial charge in [-0.15, -0.1) is 0 Å². The van der Waals surface area contributed by atoms with Crippen LogP contribution < -0.4 is 20.1 Å². The molecule has 10 heteroatoms. The van der Waals surface area contributed by atoms with E-state index >= 15 is 0 Å². The van der Waals surface area contributed by atoms with Crippen molar-refractivity contribution >= 4 is 38.9 Å². The third kappa shape index (κ3) is 5.78. The molecule has 0 amide bonds. The van der Waals surface area contributed by atoms with Crippen LogP contribution in [-0.2, 0) is 10.0 Å². The van der Waals surface area contributed by atoms with Gasteiger partial charge in [0.2, 0.25) is 5.95 Å². The lowest BCUT2D eigenvalue weighted by atomic mass is 10.3. The summed E-state index contributed by atoms with van der Waals surface area (Å²) in [5.41, 5.74) is 2.60. The first kappa shape index (κ1) is 23.0. The Kier molecular flexibility index (Phi) is 6.60. The normalized spacial score (nSPS) is 11.0. The average molecular weight is 480 g/mol. The molecule has 0 saturated heterocycles. The number of methoxy groups -OCH3 is 1. The molecule has 1 heterocycles. The van der Waals surface area contributed by atoms with E-state index in [0.717, 1.165) is 23.2 Å². The lowest BCUT2D eigenvalue weighted by Gasteiger charge is -2.12. The Bertz CT molecular complexity index is 1400. The molecule has 0 fully saturated rings. The minimum absolute atomic E-state index is 0.153. The van der Waals surface area contributed by atoms with Gasteiger partial charge in [0.1, 0.15) is 17.4 Å². The van der Waals surface area contributed by atoms with Gasteiger partial charge in [-0.25, -0.2) is 17.8 Å². The number of aromatic nitrogens is 2. The molecule has 1 aromatic heterocycles. The second-order valence-electron chi connectivity index (χ2n) is 7.34. The molecule has 34 heavy (non-hydrogen) atoms. The molecular formula is C24H22FN5O3S. The zero-order valence-electron chi connectivity index (χ0n) is 18.4. The van der Waals surface area contributed by atoms with Crippen molar-refractivity contribution in [1.29, 1.82) is 0 Å². The Hall–Kier alpha value is -4.18. The zero-order chi connectivity index (χ0) is 24.1. The summed E-state index contributed by atoms with van der Waals surface area (Å²) in [4.78, 5) is 8.73. The van der Waals surface area contributed by atoms with Gasteiger partial charge in [0, 0.05) is 28.8 Å². The highest BCUT2D eigenvalue weighted by molar-refractivity contribution is 7.92. The molecule has 0 unspecified atom stereocenters. The van der Waals surface area contributed by atoms with Crippen molar-refractivity contribution in [3.8, 4) is 5.75 Å². The van der Waals surface area contributed by atoms with E-state index in [4.69, 9.17) is 4.74 Å². The summed E-state index contributed by atoms with van der Waals surface area (Å²) >= 11 is 0. The van der Waals surface area contributed by atoms with Crippen LogP contribution in [0.5, 0.6) is 5.75 Å². The summed E-state index contributed by atoms with van der Waals surface area (Å²) < 4.78 is 45.9. The van der Waals surface area contributed by atoms with Crippen LogP contribution in [-0.4, -0.2) is 25.5 Å². The van der Waals surface area contributed by atoms with Gasteiger partial charge in [-0.1, -0.05) is 6.07 Å². The van der Waals surface area contributed by atoms with E-state index in [1.165, 1.54) is 18.2 Å². The third-order valence-corrected chi connectivity index (χ3v) is 6.10. The Morgan fingerprint density at radius 3 is 2.15 bits per heavy atom. The smallest absolute Gasteiger partial charge is 0.261 e. The van der Waals surface area contributed by atoms with Crippen LogP contribution in [0.2, 0.25) is 0 Å². The topological polar surface area (TPSA) is 105 Å². The maximum absolute atomic E-state index is 13.4. The highest BCUT2D eigenvalue weighted by atomic mass is 32.2. The molecule has 0 atom stereocenters. The van der Waals surface area contributed by atoms with E-state index in [9.17, 15) is 12.8 Å². The predicted octanol–water partition coefficient (Wildman–Crippen LogP) is 5.22. The van der Waals surface area contributed by atoms with Crippen molar-refractivity contribution in [2.24, 2.45) is 0 Å². The molecule has 0 bridgehead atoms. The molecule has 174 valence electrons. The van der Waals surface area contributed by atoms with Crippen molar-refractivity contribution in [3.05, 3.63) is 90.4 Å². The first-order chi connectivity index (χ1) is 16.3. The molecule has 4 aromatic rings. The van der Waals surface area contributed by atoms with Crippen molar-refractivity contribution in [3.63, 3.8) is 0 Å². The van der Waals surface area contributed by atoms with Crippen LogP contribution in [0.25, 0.3) is 0 Å². The number of nitrogens with zero attached hydrogens (tertiary/aromatic N) is 2. The van der Waals surface area contributed by atoms with Crippen LogP contribution in [0, 0.1) is 12.7 Å². The maximum atomic E-state index is 13.4. The molecule has 0 aliphatic carbocycles. The Morgan fingerprint density at radius 1 is 0.824 bits per heavy atom. The van der Waals surface area contributed by atoms with Gasteiger partial charge in [0.25, 0.3) is 10.0 Å². The molecule has 0 aliphatic rings. The van der Waals surface area contributed by atoms with Gasteiger partial charge in [-0.2, -0.15) is 4.98 Å². The fourth-order valence-corrected chi connectivity index (χ4v) is 4.20. The number of halogens is 1. The molecule has 0 spiro atoms. The van der Waals surface area contributed by atoms with Crippen LogP contribution in [0.4, 0.5) is 33.2 Å². The number of aryl methyl sites for hydroxylation is 1. The molecule has 3 N–H and O–H groups in total. The minimum Gasteiger partial charge on any atom is -0.497 e. The van der Waals surface area contributed by atoms with Gasteiger partial charge in [-0.3, -0.25) is 4.72 Å². The van der Waals surface area contributed by atoms with Gasteiger partial charge < -0.3 is 15.4 Å². The molecule has 0 saturated carbocycles. The second kappa shape index (κ2) is 9.75. The standard InChI is InChI=1S/C24H22FN5O3S/c1-16-14-23(27-18-10-12-21(33-2)13-11-18)29-24(26-16)28-19-6-8-20(9-7-19)30-34(31,32)22-5-3-4-17(25)15-22/h3-15,30H,1-2H3,(H2,26,27,28,29). The summed E-state index contributed by atoms with van der Waals surface area (Å²) in [7, 11) is -2.29. The highest BCUT2D eigenvalue weighted by Crippen LogP contribution is 2.23. The van der Waals surface area contributed by atoms with E-state index in [1.54, 1.807) is 31.4 Å². The van der Waals surface area contributed by atoms with E-state index in [1.807, 2.05) is 37.3 Å². The van der Waals surface area contributed by atoms with E-state index < -0.39 is 15.8 Å². The molecule has 4 rings (SSSR count). The lowest BCUT2D eigenvalue weighted by molar-refractivity contribution is 0.415. The summed E-state index contributed by atoms with van der Waals surface area (Å²) in [6.07, 6.45) is 0. The third-order valence-electron chi connectivity index (χ3n) is 4.72. The van der Waals surface area contributed by atoms with Gasteiger partial charge in [0.15, 0.2) is 0 Å². The van der Waals surface area contributed by atoms with Crippen LogP contribution >= 0.6 is 0 Å². The first-order valence-corrected chi connectivity index (χ1v) is 11.7. The molecule has 3 aromatic carbocycles. The Labute approximate surface area is 196 Å². The summed E-state index contributed by atoms with van der Waals surface area (Å²) in [6, 6.07) is 20.6. The van der Waals surface area contributed by atoms with Gasteiger partial charge in [-0.05, 0) is 73.7 Å². The van der Waals surface area contributed by atoms with Crippen molar-refractivity contribution in [2.45, 2.75) is 11.8 Å². The Balaban J connectivity index is 1.45. The SMILES string of the molecule is COc1ccc(Nc2cc(C)nc(Nc3ccc(NS(=O)(=O)c4cccc(F)c4)cc3)n2)cc1. The van der Waals surface area contributed by atoms with Gasteiger partial charge >= 0.3 is 0 Å². The Morgan fingerprint density at radius 2 is 1.47 bits per heavy atom. The number of anilines is 5. The van der Waals surface area contributed by atoms with E-state index in [0.29, 0.717) is 23.1 Å². The monoisotopic (exact) mass is 479 g/mol. The maximum Gasteiger partial charge on any atom is 0.261 e. The largest absolute Gasteiger partial charge is 0.497 e. The number of benzene rings is 3. The van der Waals surface area contributed by atoms with Crippen molar-refractivity contribution < 1.29 is 17.5 Å². The highest BCUT2D eigenvalue weighted by Gasteiger charge is 2.15. The van der Waals surface area contributed by atoms with E-state index in [-0.39, 0.29) is 4.90 Å². The number of hydrogen-bond donors (Lipinski definition) is 3. The lowest BCUT2D eigenvalue weighted by Crippen LogP contribution is -2.13. The number of rotatable bonds is 8. The van der Waals surface area contributed by atoms with Crippen LogP contribution in [0.15, 0.2) is 83.8 Å². The number of hydrogen-bond acceptors (Lipinski definition) is 7. The number of ether oxygens (including phenoxy) is 1. The average Bonchev–Trinajstić information content (AvgIpc) is 2.80. The summed E-state index contributed by atoms with van der Waals surface area (Å²) in [5.74, 6) is 1.12. The molecule has 8 nitrogen and oxygen atoms in total. The van der Waals surface area contributed by atoms with Gasteiger partial charge in [0.05, 0.1) is 12.0 Å². The van der Waals surface area contributed by atoms with E-state index in [2.05, 4.69) is 25.3 Å². The molecular weight excluding hydrogens is 457 g/mol. The summed E-state index contributed by atoms with van der Waals surface area (Å²) in [5, 5.41) is 6.34. The van der Waals surface area contributed by atoms with Crippen molar-refractivity contribution in [2.75, 3.05) is 22.5 Å². The quantitative estimate of drug-likeness (QED) is 0.318. The minimum atomic E-state index is -3.90. The number of sulfonamides is 1. The zero-order valence-corrected chi connectivity index (χ0v) is 19.2. The second-order valence-corrected chi connectivity index (χ2v) is 9.02. The van der Waals surface area contributed by atoms with Crippen molar-refractivity contribution in [1.82, 2.24) is 9.97 Å². The summed E-state index contributed by atoms with van der Waals surface area (Å²) in [6.45, 7) is 1.86. The number of nitrogens with one attached hydrogen (secondary N) is 3. The first-order valence-electron chi connectivity index (χ1n) is 10.2. The molecule has 0 aliphatic heterocycles. The van der Waals surface area contributed by atoms with Crippen LogP contribution in [0.1, 0.15) is 5.69 Å². The molecule has 0 radical (unpaired) electrons. The fraction of sp³-hybridized carbons (Fsp3) is 0.0833. The van der Waals surface area contributed by atoms with Crippen LogP contribution in [0.3, 0.4) is 0 Å². The fourth-order valence-electron chi connectivity index (χ4n) is 3.11.